The predicted molar refractivity (Wildman–Crippen MR) is 81.1 cm³/mol. The van der Waals surface area contributed by atoms with E-state index in [4.69, 9.17) is 16.1 Å². The molecule has 2 aromatic rings. The van der Waals surface area contributed by atoms with Crippen molar-refractivity contribution in [2.75, 3.05) is 11.9 Å². The number of hydrogen-bond acceptors (Lipinski definition) is 5. The molecule has 0 saturated carbocycles. The van der Waals surface area contributed by atoms with Crippen LogP contribution in [-0.4, -0.2) is 26.0 Å². The standard InChI is InChI=1S/C13H14ClN3O4S/c1-9-7-12(17-21-9)16-13(18)5-6-15-22(19,20)11-4-2-3-10(14)8-11/h2-4,7-8,15H,5-6H2,1H3,(H,16,17,18). The van der Waals surface area contributed by atoms with Gasteiger partial charge in [0.1, 0.15) is 5.76 Å². The first-order valence-electron chi connectivity index (χ1n) is 6.35. The molecular weight excluding hydrogens is 330 g/mol. The fourth-order valence-electron chi connectivity index (χ4n) is 1.65. The number of aryl methyl sites for hydroxylation is 1. The van der Waals surface area contributed by atoms with Crippen molar-refractivity contribution in [3.63, 3.8) is 0 Å². The number of anilines is 1. The Morgan fingerprint density at radius 1 is 1.36 bits per heavy atom. The molecule has 9 heteroatoms. The normalized spacial score (nSPS) is 11.4. The van der Waals surface area contributed by atoms with Crippen LogP contribution < -0.4 is 10.0 Å². The third kappa shape index (κ3) is 4.55. The second-order valence-electron chi connectivity index (χ2n) is 4.48. The van der Waals surface area contributed by atoms with Crippen LogP contribution in [0.25, 0.3) is 0 Å². The van der Waals surface area contributed by atoms with Crippen molar-refractivity contribution in [2.45, 2.75) is 18.2 Å². The fraction of sp³-hybridized carbons (Fsp3) is 0.231. The molecule has 2 rings (SSSR count). The van der Waals surface area contributed by atoms with Gasteiger partial charge in [-0.1, -0.05) is 22.8 Å². The van der Waals surface area contributed by atoms with Gasteiger partial charge in [0.2, 0.25) is 15.9 Å². The highest BCUT2D eigenvalue weighted by atomic mass is 35.5. The molecule has 0 saturated heterocycles. The lowest BCUT2D eigenvalue weighted by Gasteiger charge is -2.06. The van der Waals surface area contributed by atoms with Crippen molar-refractivity contribution >= 4 is 33.3 Å². The first kappa shape index (κ1) is 16.5. The topological polar surface area (TPSA) is 101 Å². The van der Waals surface area contributed by atoms with Crippen LogP contribution in [-0.2, 0) is 14.8 Å². The molecule has 0 unspecified atom stereocenters. The van der Waals surface area contributed by atoms with Gasteiger partial charge in [-0.2, -0.15) is 0 Å². The van der Waals surface area contributed by atoms with Crippen LogP contribution in [0, 0.1) is 6.92 Å². The first-order chi connectivity index (χ1) is 10.4. The van der Waals surface area contributed by atoms with Gasteiger partial charge in [0.25, 0.3) is 0 Å². The second kappa shape index (κ2) is 6.91. The fourth-order valence-corrected chi connectivity index (χ4v) is 2.98. The molecule has 0 radical (unpaired) electrons. The van der Waals surface area contributed by atoms with E-state index in [1.165, 1.54) is 18.2 Å². The average Bonchev–Trinajstić information content (AvgIpc) is 2.84. The molecular formula is C13H14ClN3O4S. The summed E-state index contributed by atoms with van der Waals surface area (Å²) in [6.45, 7) is 1.65. The van der Waals surface area contributed by atoms with Crippen molar-refractivity contribution in [3.8, 4) is 0 Å². The largest absolute Gasteiger partial charge is 0.360 e. The molecule has 1 aromatic heterocycles. The summed E-state index contributed by atoms with van der Waals surface area (Å²) < 4.78 is 31.1. The molecule has 22 heavy (non-hydrogen) atoms. The number of benzene rings is 1. The van der Waals surface area contributed by atoms with Crippen LogP contribution >= 0.6 is 11.6 Å². The summed E-state index contributed by atoms with van der Waals surface area (Å²) >= 11 is 5.76. The average molecular weight is 344 g/mol. The Labute approximate surface area is 132 Å². The molecule has 0 aliphatic heterocycles. The molecule has 0 aliphatic rings. The van der Waals surface area contributed by atoms with E-state index >= 15 is 0 Å². The highest BCUT2D eigenvalue weighted by Gasteiger charge is 2.14. The minimum atomic E-state index is -3.70. The van der Waals surface area contributed by atoms with Crippen LogP contribution in [0.4, 0.5) is 5.82 Å². The molecule has 0 atom stereocenters. The third-order valence-corrected chi connectivity index (χ3v) is 4.34. The van der Waals surface area contributed by atoms with Gasteiger partial charge < -0.3 is 9.84 Å². The Hall–Kier alpha value is -1.90. The lowest BCUT2D eigenvalue weighted by molar-refractivity contribution is -0.116. The second-order valence-corrected chi connectivity index (χ2v) is 6.68. The van der Waals surface area contributed by atoms with Crippen molar-refractivity contribution in [1.29, 1.82) is 0 Å². The van der Waals surface area contributed by atoms with E-state index in [0.29, 0.717) is 16.6 Å². The minimum Gasteiger partial charge on any atom is -0.360 e. The van der Waals surface area contributed by atoms with Gasteiger partial charge in [0.15, 0.2) is 5.82 Å². The van der Waals surface area contributed by atoms with Crippen molar-refractivity contribution in [1.82, 2.24) is 9.88 Å². The molecule has 1 heterocycles. The van der Waals surface area contributed by atoms with Crippen LogP contribution in [0.15, 0.2) is 39.8 Å². The van der Waals surface area contributed by atoms with Crippen LogP contribution in [0.2, 0.25) is 5.02 Å². The summed E-state index contributed by atoms with van der Waals surface area (Å²) in [5.41, 5.74) is 0. The summed E-state index contributed by atoms with van der Waals surface area (Å²) in [4.78, 5) is 11.7. The number of aromatic nitrogens is 1. The first-order valence-corrected chi connectivity index (χ1v) is 8.21. The molecule has 2 N–H and O–H groups in total. The number of amides is 1. The van der Waals surface area contributed by atoms with E-state index in [1.54, 1.807) is 19.1 Å². The zero-order valence-electron chi connectivity index (χ0n) is 11.7. The monoisotopic (exact) mass is 343 g/mol. The van der Waals surface area contributed by atoms with E-state index in [9.17, 15) is 13.2 Å². The number of nitrogens with one attached hydrogen (secondary N) is 2. The van der Waals surface area contributed by atoms with Crippen molar-refractivity contribution < 1.29 is 17.7 Å². The lowest BCUT2D eigenvalue weighted by Crippen LogP contribution is -2.27. The van der Waals surface area contributed by atoms with Gasteiger partial charge >= 0.3 is 0 Å². The molecule has 0 aliphatic carbocycles. The van der Waals surface area contributed by atoms with Gasteiger partial charge in [-0.15, -0.1) is 0 Å². The number of carbonyl (C=O) groups is 1. The van der Waals surface area contributed by atoms with Gasteiger partial charge in [-0.05, 0) is 25.1 Å². The molecule has 0 spiro atoms. The highest BCUT2D eigenvalue weighted by molar-refractivity contribution is 7.89. The summed E-state index contributed by atoms with van der Waals surface area (Å²) in [5, 5.41) is 6.43. The number of carbonyl (C=O) groups excluding carboxylic acids is 1. The van der Waals surface area contributed by atoms with E-state index in [0.717, 1.165) is 0 Å². The predicted octanol–water partition coefficient (Wildman–Crippen LogP) is 1.94. The summed E-state index contributed by atoms with van der Waals surface area (Å²) in [6.07, 6.45) is -0.0360. The molecule has 1 aromatic carbocycles. The maximum absolute atomic E-state index is 12.0. The molecule has 7 nitrogen and oxygen atoms in total. The summed E-state index contributed by atoms with van der Waals surface area (Å²) in [5.74, 6) is 0.485. The molecule has 1 amide bonds. The summed E-state index contributed by atoms with van der Waals surface area (Å²) in [7, 11) is -3.70. The van der Waals surface area contributed by atoms with E-state index in [-0.39, 0.29) is 23.8 Å². The zero-order chi connectivity index (χ0) is 16.2. The van der Waals surface area contributed by atoms with Gasteiger partial charge in [0, 0.05) is 24.1 Å². The maximum atomic E-state index is 12.0. The SMILES string of the molecule is Cc1cc(NC(=O)CCNS(=O)(=O)c2cccc(Cl)c2)no1. The van der Waals surface area contributed by atoms with E-state index in [2.05, 4.69) is 15.2 Å². The van der Waals surface area contributed by atoms with Crippen LogP contribution in [0.5, 0.6) is 0 Å². The van der Waals surface area contributed by atoms with Crippen molar-refractivity contribution in [3.05, 3.63) is 41.1 Å². The quantitative estimate of drug-likeness (QED) is 0.834. The van der Waals surface area contributed by atoms with Crippen LogP contribution in [0.3, 0.4) is 0 Å². The van der Waals surface area contributed by atoms with E-state index in [1.807, 2.05) is 0 Å². The molecule has 0 bridgehead atoms. The van der Waals surface area contributed by atoms with Gasteiger partial charge in [-0.25, -0.2) is 13.1 Å². The molecule has 0 fully saturated rings. The Bertz CT molecular complexity index is 773. The number of rotatable bonds is 6. The smallest absolute Gasteiger partial charge is 0.240 e. The highest BCUT2D eigenvalue weighted by Crippen LogP contribution is 2.15. The van der Waals surface area contributed by atoms with Gasteiger partial charge in [0.05, 0.1) is 4.90 Å². The summed E-state index contributed by atoms with van der Waals surface area (Å²) in [6, 6.07) is 7.44. The lowest BCUT2D eigenvalue weighted by atomic mass is 10.4. The Morgan fingerprint density at radius 2 is 2.14 bits per heavy atom. The minimum absolute atomic E-state index is 0.0360. The van der Waals surface area contributed by atoms with Crippen molar-refractivity contribution in [2.24, 2.45) is 0 Å². The Balaban J connectivity index is 1.86. The Morgan fingerprint density at radius 3 is 2.77 bits per heavy atom. The number of hydrogen-bond donors (Lipinski definition) is 2. The third-order valence-electron chi connectivity index (χ3n) is 2.65. The Kier molecular flexibility index (Phi) is 5.17. The maximum Gasteiger partial charge on any atom is 0.240 e. The number of halogens is 1. The van der Waals surface area contributed by atoms with Gasteiger partial charge in [-0.3, -0.25) is 4.79 Å². The number of sulfonamides is 1. The zero-order valence-corrected chi connectivity index (χ0v) is 13.2. The van der Waals surface area contributed by atoms with Crippen LogP contribution in [0.1, 0.15) is 12.2 Å². The number of nitrogens with zero attached hydrogens (tertiary/aromatic N) is 1. The van der Waals surface area contributed by atoms with E-state index < -0.39 is 10.0 Å². The molecule has 118 valence electrons.